The van der Waals surface area contributed by atoms with Gasteiger partial charge >= 0.3 is 0 Å². The van der Waals surface area contributed by atoms with E-state index in [1.807, 2.05) is 49.5 Å². The number of hydrogen-bond acceptors (Lipinski definition) is 1. The molecule has 1 N–H and O–H groups in total. The van der Waals surface area contributed by atoms with E-state index in [4.69, 9.17) is 34.8 Å². The smallest absolute Gasteiger partial charge is 0.0618 e. The zero-order valence-electron chi connectivity index (χ0n) is 9.75. The van der Waals surface area contributed by atoms with Crippen LogP contribution in [0.4, 0.5) is 0 Å². The van der Waals surface area contributed by atoms with Crippen molar-refractivity contribution >= 4 is 34.8 Å². The van der Waals surface area contributed by atoms with Gasteiger partial charge in [0.25, 0.3) is 0 Å². The van der Waals surface area contributed by atoms with Crippen molar-refractivity contribution in [2.45, 2.75) is 6.04 Å². The number of halogens is 3. The van der Waals surface area contributed by atoms with E-state index in [1.165, 1.54) is 0 Å². The van der Waals surface area contributed by atoms with Gasteiger partial charge < -0.3 is 5.32 Å². The first-order valence-electron chi connectivity index (χ1n) is 5.50. The van der Waals surface area contributed by atoms with E-state index in [0.717, 1.165) is 11.1 Å². The van der Waals surface area contributed by atoms with E-state index < -0.39 is 0 Å². The summed E-state index contributed by atoms with van der Waals surface area (Å²) in [5, 5.41) is 5.14. The minimum Gasteiger partial charge on any atom is -0.309 e. The molecule has 2 aromatic rings. The first kappa shape index (κ1) is 13.7. The number of hydrogen-bond donors (Lipinski definition) is 1. The second-order valence-corrected chi connectivity index (χ2v) is 5.10. The molecule has 94 valence electrons. The Labute approximate surface area is 122 Å². The van der Waals surface area contributed by atoms with E-state index in [2.05, 4.69) is 5.32 Å². The summed E-state index contributed by atoms with van der Waals surface area (Å²) < 4.78 is 0. The van der Waals surface area contributed by atoms with Crippen molar-refractivity contribution in [3.8, 4) is 0 Å². The fraction of sp³-hybridized carbons (Fsp3) is 0.143. The summed E-state index contributed by atoms with van der Waals surface area (Å²) in [6.07, 6.45) is 0. The van der Waals surface area contributed by atoms with E-state index in [1.54, 1.807) is 0 Å². The third-order valence-electron chi connectivity index (χ3n) is 2.79. The van der Waals surface area contributed by atoms with Crippen LogP contribution < -0.4 is 5.32 Å². The summed E-state index contributed by atoms with van der Waals surface area (Å²) in [5.41, 5.74) is 1.80. The van der Waals surface area contributed by atoms with Crippen molar-refractivity contribution in [3.05, 3.63) is 68.7 Å². The summed E-state index contributed by atoms with van der Waals surface area (Å²) in [4.78, 5) is 0. The zero-order chi connectivity index (χ0) is 13.1. The van der Waals surface area contributed by atoms with Crippen LogP contribution in [-0.2, 0) is 0 Å². The number of nitrogens with one attached hydrogen (secondary N) is 1. The Morgan fingerprint density at radius 3 is 1.94 bits per heavy atom. The summed E-state index contributed by atoms with van der Waals surface area (Å²) >= 11 is 18.7. The highest BCUT2D eigenvalue weighted by atomic mass is 35.5. The SMILES string of the molecule is CNC(c1ccccc1Cl)c1c(Cl)cccc1Cl. The first-order valence-corrected chi connectivity index (χ1v) is 6.64. The van der Waals surface area contributed by atoms with Gasteiger partial charge in [0.1, 0.15) is 0 Å². The Hall–Kier alpha value is -0.730. The Kier molecular flexibility index (Phi) is 4.52. The molecular weight excluding hydrogens is 289 g/mol. The van der Waals surface area contributed by atoms with E-state index in [0.29, 0.717) is 15.1 Å². The molecule has 0 heterocycles. The lowest BCUT2D eigenvalue weighted by Gasteiger charge is -2.20. The van der Waals surface area contributed by atoms with Crippen molar-refractivity contribution in [1.29, 1.82) is 0 Å². The highest BCUT2D eigenvalue weighted by molar-refractivity contribution is 6.36. The average Bonchev–Trinajstić information content (AvgIpc) is 2.35. The van der Waals surface area contributed by atoms with Gasteiger partial charge in [-0.15, -0.1) is 0 Å². The van der Waals surface area contributed by atoms with Crippen molar-refractivity contribution in [2.24, 2.45) is 0 Å². The van der Waals surface area contributed by atoms with Gasteiger partial charge in [-0.25, -0.2) is 0 Å². The molecule has 0 amide bonds. The van der Waals surface area contributed by atoms with Crippen LogP contribution in [-0.4, -0.2) is 7.05 Å². The normalized spacial score (nSPS) is 12.4. The minimum atomic E-state index is -0.125. The van der Waals surface area contributed by atoms with Crippen molar-refractivity contribution in [3.63, 3.8) is 0 Å². The van der Waals surface area contributed by atoms with Gasteiger partial charge in [0, 0.05) is 20.6 Å². The molecule has 0 saturated carbocycles. The third-order valence-corrected chi connectivity index (χ3v) is 3.80. The second kappa shape index (κ2) is 5.94. The van der Waals surface area contributed by atoms with Crippen molar-refractivity contribution < 1.29 is 0 Å². The quantitative estimate of drug-likeness (QED) is 0.845. The molecule has 0 saturated heterocycles. The number of benzene rings is 2. The Morgan fingerprint density at radius 1 is 0.833 bits per heavy atom. The Morgan fingerprint density at radius 2 is 1.39 bits per heavy atom. The van der Waals surface area contributed by atoms with Gasteiger partial charge in [0.2, 0.25) is 0 Å². The summed E-state index contributed by atoms with van der Waals surface area (Å²) in [5.74, 6) is 0. The first-order chi connectivity index (χ1) is 8.65. The molecule has 0 aromatic heterocycles. The zero-order valence-corrected chi connectivity index (χ0v) is 12.0. The van der Waals surface area contributed by atoms with Crippen LogP contribution >= 0.6 is 34.8 Å². The van der Waals surface area contributed by atoms with Gasteiger partial charge in [-0.2, -0.15) is 0 Å². The van der Waals surface area contributed by atoms with Crippen LogP contribution in [0.2, 0.25) is 15.1 Å². The Bertz CT molecular complexity index is 534. The van der Waals surface area contributed by atoms with Crippen molar-refractivity contribution in [2.75, 3.05) is 7.05 Å². The molecule has 1 nitrogen and oxygen atoms in total. The highest BCUT2D eigenvalue weighted by Crippen LogP contribution is 2.36. The molecule has 1 unspecified atom stereocenters. The molecule has 0 fully saturated rings. The summed E-state index contributed by atoms with van der Waals surface area (Å²) in [6, 6.07) is 13.0. The molecule has 1 atom stereocenters. The fourth-order valence-electron chi connectivity index (χ4n) is 1.95. The molecule has 0 bridgehead atoms. The van der Waals surface area contributed by atoms with Crippen molar-refractivity contribution in [1.82, 2.24) is 5.32 Å². The molecule has 0 spiro atoms. The van der Waals surface area contributed by atoms with Gasteiger partial charge in [-0.1, -0.05) is 59.1 Å². The number of rotatable bonds is 3. The molecule has 0 aliphatic carbocycles. The maximum absolute atomic E-state index is 6.24. The predicted molar refractivity (Wildman–Crippen MR) is 78.8 cm³/mol. The topological polar surface area (TPSA) is 12.0 Å². The van der Waals surface area contributed by atoms with E-state index in [-0.39, 0.29) is 6.04 Å². The molecule has 4 heteroatoms. The lowest BCUT2D eigenvalue weighted by Crippen LogP contribution is -2.18. The second-order valence-electron chi connectivity index (χ2n) is 3.88. The van der Waals surface area contributed by atoms with Gasteiger partial charge in [-0.05, 0) is 30.8 Å². The molecule has 2 rings (SSSR count). The molecule has 0 radical (unpaired) electrons. The highest BCUT2D eigenvalue weighted by Gasteiger charge is 2.20. The van der Waals surface area contributed by atoms with Gasteiger partial charge in [-0.3, -0.25) is 0 Å². The summed E-state index contributed by atoms with van der Waals surface area (Å²) in [6.45, 7) is 0. The fourth-order valence-corrected chi connectivity index (χ4v) is 2.81. The maximum Gasteiger partial charge on any atom is 0.0618 e. The molecule has 0 aliphatic rings. The van der Waals surface area contributed by atoms with Crippen LogP contribution in [0, 0.1) is 0 Å². The van der Waals surface area contributed by atoms with Crippen LogP contribution in [0.5, 0.6) is 0 Å². The molecule has 2 aromatic carbocycles. The van der Waals surface area contributed by atoms with E-state index >= 15 is 0 Å². The third kappa shape index (κ3) is 2.65. The lowest BCUT2D eigenvalue weighted by atomic mass is 9.98. The standard InChI is InChI=1S/C14H12Cl3N/c1-18-14(9-5-2-3-6-10(9)15)13-11(16)7-4-8-12(13)17/h2-8,14,18H,1H3. The largest absolute Gasteiger partial charge is 0.309 e. The van der Waals surface area contributed by atoms with Crippen LogP contribution in [0.15, 0.2) is 42.5 Å². The molecule has 18 heavy (non-hydrogen) atoms. The summed E-state index contributed by atoms with van der Waals surface area (Å²) in [7, 11) is 1.85. The average molecular weight is 301 g/mol. The monoisotopic (exact) mass is 299 g/mol. The minimum absolute atomic E-state index is 0.125. The predicted octanol–water partition coefficient (Wildman–Crippen LogP) is 4.96. The van der Waals surface area contributed by atoms with Gasteiger partial charge in [0.05, 0.1) is 6.04 Å². The lowest BCUT2D eigenvalue weighted by molar-refractivity contribution is 0.692. The molecule has 0 aliphatic heterocycles. The maximum atomic E-state index is 6.24. The van der Waals surface area contributed by atoms with Gasteiger partial charge in [0.15, 0.2) is 0 Å². The van der Waals surface area contributed by atoms with Crippen LogP contribution in [0.25, 0.3) is 0 Å². The molecular formula is C14H12Cl3N. The van der Waals surface area contributed by atoms with Crippen LogP contribution in [0.3, 0.4) is 0 Å². The van der Waals surface area contributed by atoms with E-state index in [9.17, 15) is 0 Å². The Balaban J connectivity index is 2.56. The van der Waals surface area contributed by atoms with Crippen LogP contribution in [0.1, 0.15) is 17.2 Å².